The molecule has 2 aliphatic rings. The van der Waals surface area contributed by atoms with Crippen molar-refractivity contribution in [2.75, 3.05) is 39.9 Å². The van der Waals surface area contributed by atoms with E-state index in [-0.39, 0.29) is 11.7 Å². The highest BCUT2D eigenvalue weighted by molar-refractivity contribution is 5.88. The summed E-state index contributed by atoms with van der Waals surface area (Å²) in [5.41, 5.74) is 0.372. The predicted molar refractivity (Wildman–Crippen MR) is 91.4 cm³/mol. The molecule has 3 rings (SSSR count). The van der Waals surface area contributed by atoms with Gasteiger partial charge in [-0.3, -0.25) is 4.79 Å². The number of hydrogen-bond donors (Lipinski definition) is 1. The Morgan fingerprint density at radius 1 is 1.25 bits per heavy atom. The van der Waals surface area contributed by atoms with Gasteiger partial charge in [0.25, 0.3) is 0 Å². The second-order valence-electron chi connectivity index (χ2n) is 6.99. The normalized spacial score (nSPS) is 21.7. The van der Waals surface area contributed by atoms with Gasteiger partial charge in [0.2, 0.25) is 5.91 Å². The van der Waals surface area contributed by atoms with Gasteiger partial charge in [-0.05, 0) is 62.9 Å². The molecule has 2 saturated heterocycles. The number of piperidine rings is 1. The molecule has 2 heterocycles. The van der Waals surface area contributed by atoms with E-state index < -0.39 is 5.41 Å². The van der Waals surface area contributed by atoms with Gasteiger partial charge in [0.15, 0.2) is 0 Å². The first-order valence-corrected chi connectivity index (χ1v) is 8.93. The standard InChI is InChI=1S/C19H27FN2O2/c1-21-14-15-6-10-22(11-7-15)18(23)19(8-12-24-13-9-19)16-2-4-17(20)5-3-16/h2-5,15,21H,6-14H2,1H3. The molecule has 0 aromatic heterocycles. The molecule has 1 aromatic carbocycles. The number of nitrogens with zero attached hydrogens (tertiary/aromatic N) is 1. The fraction of sp³-hybridized carbons (Fsp3) is 0.632. The second-order valence-corrected chi connectivity index (χ2v) is 6.99. The molecular formula is C19H27FN2O2. The van der Waals surface area contributed by atoms with E-state index in [2.05, 4.69) is 5.32 Å². The third kappa shape index (κ3) is 3.47. The third-order valence-electron chi connectivity index (χ3n) is 5.55. The quantitative estimate of drug-likeness (QED) is 0.919. The van der Waals surface area contributed by atoms with Crippen LogP contribution in [0.3, 0.4) is 0 Å². The summed E-state index contributed by atoms with van der Waals surface area (Å²) in [6, 6.07) is 6.45. The van der Waals surface area contributed by atoms with E-state index in [9.17, 15) is 9.18 Å². The van der Waals surface area contributed by atoms with Gasteiger partial charge in [0.05, 0.1) is 5.41 Å². The number of carbonyl (C=O) groups excluding carboxylic acids is 1. The van der Waals surface area contributed by atoms with E-state index in [0.717, 1.165) is 38.0 Å². The van der Waals surface area contributed by atoms with E-state index in [1.54, 1.807) is 12.1 Å². The topological polar surface area (TPSA) is 41.6 Å². The molecule has 0 unspecified atom stereocenters. The van der Waals surface area contributed by atoms with Crippen LogP contribution < -0.4 is 5.32 Å². The summed E-state index contributed by atoms with van der Waals surface area (Å²) in [4.78, 5) is 15.4. The first-order chi connectivity index (χ1) is 11.7. The maximum absolute atomic E-state index is 13.4. The van der Waals surface area contributed by atoms with Crippen LogP contribution in [-0.2, 0) is 14.9 Å². The van der Waals surface area contributed by atoms with E-state index >= 15 is 0 Å². The van der Waals surface area contributed by atoms with Crippen LogP contribution in [0.2, 0.25) is 0 Å². The van der Waals surface area contributed by atoms with Crippen molar-refractivity contribution >= 4 is 5.91 Å². The van der Waals surface area contributed by atoms with E-state index in [0.29, 0.717) is 32.0 Å². The van der Waals surface area contributed by atoms with Crippen molar-refractivity contribution in [3.8, 4) is 0 Å². The Morgan fingerprint density at radius 2 is 1.88 bits per heavy atom. The number of hydrogen-bond acceptors (Lipinski definition) is 3. The molecular weight excluding hydrogens is 307 g/mol. The Hall–Kier alpha value is -1.46. The average molecular weight is 334 g/mol. The smallest absolute Gasteiger partial charge is 0.233 e. The van der Waals surface area contributed by atoms with E-state index in [1.165, 1.54) is 12.1 Å². The van der Waals surface area contributed by atoms with Crippen molar-refractivity contribution in [1.29, 1.82) is 0 Å². The largest absolute Gasteiger partial charge is 0.381 e. The predicted octanol–water partition coefficient (Wildman–Crippen LogP) is 2.33. The van der Waals surface area contributed by atoms with Crippen molar-refractivity contribution in [3.63, 3.8) is 0 Å². The zero-order valence-electron chi connectivity index (χ0n) is 14.4. The van der Waals surface area contributed by atoms with Gasteiger partial charge >= 0.3 is 0 Å². The monoisotopic (exact) mass is 334 g/mol. The van der Waals surface area contributed by atoms with Crippen LogP contribution in [0, 0.1) is 11.7 Å². The van der Waals surface area contributed by atoms with Crippen LogP contribution in [-0.4, -0.2) is 50.7 Å². The lowest BCUT2D eigenvalue weighted by atomic mass is 9.72. The maximum Gasteiger partial charge on any atom is 0.233 e. The van der Waals surface area contributed by atoms with Gasteiger partial charge in [0.1, 0.15) is 5.82 Å². The highest BCUT2D eigenvalue weighted by Crippen LogP contribution is 2.37. The molecule has 2 aliphatic heterocycles. The van der Waals surface area contributed by atoms with E-state index in [4.69, 9.17) is 4.74 Å². The van der Waals surface area contributed by atoms with Crippen molar-refractivity contribution < 1.29 is 13.9 Å². The first-order valence-electron chi connectivity index (χ1n) is 8.93. The van der Waals surface area contributed by atoms with Gasteiger partial charge in [-0.15, -0.1) is 0 Å². The van der Waals surface area contributed by atoms with Gasteiger partial charge in [-0.1, -0.05) is 12.1 Å². The lowest BCUT2D eigenvalue weighted by Crippen LogP contribution is -2.52. The molecule has 0 atom stereocenters. The van der Waals surface area contributed by atoms with Crippen LogP contribution >= 0.6 is 0 Å². The van der Waals surface area contributed by atoms with Crippen molar-refractivity contribution in [2.45, 2.75) is 31.1 Å². The molecule has 24 heavy (non-hydrogen) atoms. The highest BCUT2D eigenvalue weighted by atomic mass is 19.1. The maximum atomic E-state index is 13.4. The van der Waals surface area contributed by atoms with Crippen molar-refractivity contribution in [1.82, 2.24) is 10.2 Å². The van der Waals surface area contributed by atoms with Gasteiger partial charge < -0.3 is 15.0 Å². The number of amides is 1. The molecule has 1 amide bonds. The molecule has 1 aromatic rings. The van der Waals surface area contributed by atoms with E-state index in [1.807, 2.05) is 11.9 Å². The third-order valence-corrected chi connectivity index (χ3v) is 5.55. The summed E-state index contributed by atoms with van der Waals surface area (Å²) >= 11 is 0. The second kappa shape index (κ2) is 7.62. The fourth-order valence-corrected chi connectivity index (χ4v) is 4.05. The molecule has 132 valence electrons. The summed E-state index contributed by atoms with van der Waals surface area (Å²) in [5, 5.41) is 3.23. The SMILES string of the molecule is CNCC1CCN(C(=O)C2(c3ccc(F)cc3)CCOCC2)CC1. The summed E-state index contributed by atoms with van der Waals surface area (Å²) in [7, 11) is 1.98. The number of rotatable bonds is 4. The summed E-state index contributed by atoms with van der Waals surface area (Å²) in [5.74, 6) is 0.581. The summed E-state index contributed by atoms with van der Waals surface area (Å²) in [6.07, 6.45) is 3.44. The molecule has 4 nitrogen and oxygen atoms in total. The number of ether oxygens (including phenoxy) is 1. The zero-order chi connectivity index (χ0) is 17.0. The molecule has 0 aliphatic carbocycles. The van der Waals surface area contributed by atoms with Gasteiger partial charge in [-0.2, -0.15) is 0 Å². The Balaban J connectivity index is 1.79. The zero-order valence-corrected chi connectivity index (χ0v) is 14.4. The molecule has 0 saturated carbocycles. The Kier molecular flexibility index (Phi) is 5.51. The molecule has 2 fully saturated rings. The lowest BCUT2D eigenvalue weighted by Gasteiger charge is -2.42. The molecule has 0 bridgehead atoms. The minimum Gasteiger partial charge on any atom is -0.381 e. The van der Waals surface area contributed by atoms with Crippen molar-refractivity contribution in [3.05, 3.63) is 35.6 Å². The van der Waals surface area contributed by atoms with Crippen LogP contribution in [0.15, 0.2) is 24.3 Å². The number of halogens is 1. The molecule has 5 heteroatoms. The average Bonchev–Trinajstić information content (AvgIpc) is 2.63. The summed E-state index contributed by atoms with van der Waals surface area (Å²) < 4.78 is 18.8. The lowest BCUT2D eigenvalue weighted by molar-refractivity contribution is -0.142. The van der Waals surface area contributed by atoms with Crippen molar-refractivity contribution in [2.24, 2.45) is 5.92 Å². The van der Waals surface area contributed by atoms with Crippen LogP contribution in [0.1, 0.15) is 31.2 Å². The van der Waals surface area contributed by atoms with Crippen LogP contribution in [0.4, 0.5) is 4.39 Å². The minimum absolute atomic E-state index is 0.195. The minimum atomic E-state index is -0.554. The Morgan fingerprint density at radius 3 is 2.46 bits per heavy atom. The number of carbonyl (C=O) groups is 1. The molecule has 0 spiro atoms. The molecule has 0 radical (unpaired) electrons. The highest BCUT2D eigenvalue weighted by Gasteiger charge is 2.44. The van der Waals surface area contributed by atoms with Gasteiger partial charge in [0, 0.05) is 26.3 Å². The van der Waals surface area contributed by atoms with Crippen LogP contribution in [0.5, 0.6) is 0 Å². The van der Waals surface area contributed by atoms with Crippen LogP contribution in [0.25, 0.3) is 0 Å². The fourth-order valence-electron chi connectivity index (χ4n) is 4.05. The first kappa shape index (κ1) is 17.4. The Bertz CT molecular complexity index is 547. The number of benzene rings is 1. The van der Waals surface area contributed by atoms with Gasteiger partial charge in [-0.25, -0.2) is 4.39 Å². The number of likely N-dealkylation sites (tertiary alicyclic amines) is 1. The number of nitrogens with one attached hydrogen (secondary N) is 1. The Labute approximate surface area is 143 Å². The summed E-state index contributed by atoms with van der Waals surface area (Å²) in [6.45, 7) is 3.81. The molecule has 1 N–H and O–H groups in total.